The number of carbonyl (C=O) groups is 1. The molecule has 0 fully saturated rings. The number of amides is 2. The van der Waals surface area contributed by atoms with Crippen molar-refractivity contribution in [1.82, 2.24) is 10.6 Å². The van der Waals surface area contributed by atoms with E-state index in [9.17, 15) is 9.90 Å². The molecule has 106 valence electrons. The van der Waals surface area contributed by atoms with E-state index in [0.717, 1.165) is 10.0 Å². The van der Waals surface area contributed by atoms with Crippen LogP contribution in [0.25, 0.3) is 0 Å². The number of rotatable bonds is 6. The van der Waals surface area contributed by atoms with Gasteiger partial charge in [0, 0.05) is 17.6 Å². The van der Waals surface area contributed by atoms with E-state index in [2.05, 4.69) is 26.6 Å². The fourth-order valence-corrected chi connectivity index (χ4v) is 1.86. The van der Waals surface area contributed by atoms with E-state index in [1.54, 1.807) is 0 Å². The molecule has 0 heterocycles. The lowest BCUT2D eigenvalue weighted by Gasteiger charge is -2.25. The van der Waals surface area contributed by atoms with Gasteiger partial charge in [-0.25, -0.2) is 4.79 Å². The zero-order valence-electron chi connectivity index (χ0n) is 11.4. The fraction of sp³-hybridized carbons (Fsp3) is 0.500. The van der Waals surface area contributed by atoms with Crippen LogP contribution < -0.4 is 10.6 Å². The summed E-state index contributed by atoms with van der Waals surface area (Å²) in [7, 11) is 0. The number of halogens is 1. The van der Waals surface area contributed by atoms with Gasteiger partial charge in [-0.15, -0.1) is 0 Å². The second kappa shape index (κ2) is 7.50. The lowest BCUT2D eigenvalue weighted by molar-refractivity contribution is 0.0349. The maximum atomic E-state index is 11.6. The van der Waals surface area contributed by atoms with Crippen molar-refractivity contribution in [2.75, 3.05) is 6.54 Å². The molecule has 1 aromatic rings. The fourth-order valence-electron chi connectivity index (χ4n) is 1.59. The number of hydrogen-bond acceptors (Lipinski definition) is 2. The monoisotopic (exact) mass is 328 g/mol. The maximum Gasteiger partial charge on any atom is 0.315 e. The minimum atomic E-state index is -0.811. The van der Waals surface area contributed by atoms with Gasteiger partial charge in [-0.3, -0.25) is 0 Å². The molecule has 5 heteroatoms. The van der Waals surface area contributed by atoms with Crippen LogP contribution in [0.1, 0.15) is 32.3 Å². The molecule has 2 amide bonds. The molecule has 19 heavy (non-hydrogen) atoms. The van der Waals surface area contributed by atoms with Crippen molar-refractivity contribution in [1.29, 1.82) is 0 Å². The van der Waals surface area contributed by atoms with Crippen molar-refractivity contribution in [3.63, 3.8) is 0 Å². The van der Waals surface area contributed by atoms with Crippen LogP contribution in [0.4, 0.5) is 4.79 Å². The first-order valence-corrected chi connectivity index (χ1v) is 7.27. The van der Waals surface area contributed by atoms with Crippen molar-refractivity contribution in [2.45, 2.75) is 38.8 Å². The lowest BCUT2D eigenvalue weighted by Crippen LogP contribution is -2.45. The predicted octanol–water partition coefficient (Wildman–Crippen LogP) is 2.80. The third kappa shape index (κ3) is 5.61. The van der Waals surface area contributed by atoms with Crippen molar-refractivity contribution < 1.29 is 9.90 Å². The van der Waals surface area contributed by atoms with E-state index in [0.29, 0.717) is 19.4 Å². The van der Waals surface area contributed by atoms with Gasteiger partial charge in [-0.1, -0.05) is 41.9 Å². The highest BCUT2D eigenvalue weighted by atomic mass is 79.9. The maximum absolute atomic E-state index is 11.6. The number of aliphatic hydroxyl groups is 1. The Hall–Kier alpha value is -1.07. The van der Waals surface area contributed by atoms with Gasteiger partial charge in [-0.2, -0.15) is 0 Å². The molecule has 0 aliphatic rings. The first kappa shape index (κ1) is 16.0. The van der Waals surface area contributed by atoms with E-state index in [1.807, 2.05) is 38.1 Å². The van der Waals surface area contributed by atoms with Crippen LogP contribution in [0, 0.1) is 0 Å². The molecule has 0 spiro atoms. The Bertz CT molecular complexity index is 402. The summed E-state index contributed by atoms with van der Waals surface area (Å²) in [5, 5.41) is 15.5. The van der Waals surface area contributed by atoms with Crippen LogP contribution in [0.15, 0.2) is 28.7 Å². The van der Waals surface area contributed by atoms with Crippen molar-refractivity contribution >= 4 is 22.0 Å². The molecular weight excluding hydrogens is 308 g/mol. The summed E-state index contributed by atoms with van der Waals surface area (Å²) in [5.41, 5.74) is 0.217. The quantitative estimate of drug-likeness (QED) is 0.752. The highest BCUT2D eigenvalue weighted by molar-refractivity contribution is 9.10. The average Bonchev–Trinajstić information content (AvgIpc) is 2.44. The highest BCUT2D eigenvalue weighted by Gasteiger charge is 2.22. The molecule has 0 aliphatic heterocycles. The van der Waals surface area contributed by atoms with Gasteiger partial charge in [0.15, 0.2) is 0 Å². The van der Waals surface area contributed by atoms with E-state index in [-0.39, 0.29) is 12.6 Å². The van der Waals surface area contributed by atoms with Gasteiger partial charge in [0.05, 0.1) is 5.60 Å². The van der Waals surface area contributed by atoms with Gasteiger partial charge < -0.3 is 15.7 Å². The van der Waals surface area contributed by atoms with Gasteiger partial charge in [0.1, 0.15) is 0 Å². The Morgan fingerprint density at radius 3 is 2.32 bits per heavy atom. The van der Waals surface area contributed by atoms with Crippen molar-refractivity contribution in [2.24, 2.45) is 0 Å². The Morgan fingerprint density at radius 1 is 1.21 bits per heavy atom. The number of nitrogens with one attached hydrogen (secondary N) is 2. The van der Waals surface area contributed by atoms with Crippen LogP contribution >= 0.6 is 15.9 Å². The predicted molar refractivity (Wildman–Crippen MR) is 79.9 cm³/mol. The SMILES string of the molecule is CCC(O)(CC)CNC(=O)NCc1ccc(Br)cc1. The van der Waals surface area contributed by atoms with Crippen LogP contribution in [0.2, 0.25) is 0 Å². The summed E-state index contributed by atoms with van der Waals surface area (Å²) < 4.78 is 1.01. The number of benzene rings is 1. The lowest BCUT2D eigenvalue weighted by atomic mass is 9.98. The van der Waals surface area contributed by atoms with Gasteiger partial charge >= 0.3 is 6.03 Å². The second-order valence-corrected chi connectivity index (χ2v) is 5.51. The summed E-state index contributed by atoms with van der Waals surface area (Å²) in [5.74, 6) is 0. The molecule has 4 nitrogen and oxygen atoms in total. The number of urea groups is 1. The summed E-state index contributed by atoms with van der Waals surface area (Å²) >= 11 is 3.36. The summed E-state index contributed by atoms with van der Waals surface area (Å²) in [6, 6.07) is 7.49. The molecule has 1 aromatic carbocycles. The van der Waals surface area contributed by atoms with E-state index in [1.165, 1.54) is 0 Å². The summed E-state index contributed by atoms with van der Waals surface area (Å²) in [6.07, 6.45) is 1.24. The number of carbonyl (C=O) groups excluding carboxylic acids is 1. The molecule has 1 rings (SSSR count). The van der Waals surface area contributed by atoms with Crippen LogP contribution in [0.3, 0.4) is 0 Å². The molecule has 0 aromatic heterocycles. The molecule has 0 unspecified atom stereocenters. The average molecular weight is 329 g/mol. The molecule has 0 bridgehead atoms. The first-order chi connectivity index (χ1) is 8.99. The smallest absolute Gasteiger partial charge is 0.315 e. The first-order valence-electron chi connectivity index (χ1n) is 6.47. The second-order valence-electron chi connectivity index (χ2n) is 4.59. The Kier molecular flexibility index (Phi) is 6.31. The topological polar surface area (TPSA) is 61.4 Å². The van der Waals surface area contributed by atoms with Crippen molar-refractivity contribution in [3.8, 4) is 0 Å². The molecular formula is C14H21BrN2O2. The van der Waals surface area contributed by atoms with Crippen LogP contribution in [-0.4, -0.2) is 23.3 Å². The third-order valence-corrected chi connectivity index (χ3v) is 3.79. The van der Waals surface area contributed by atoms with Crippen LogP contribution in [-0.2, 0) is 6.54 Å². The highest BCUT2D eigenvalue weighted by Crippen LogP contribution is 2.13. The summed E-state index contributed by atoms with van der Waals surface area (Å²) in [4.78, 5) is 11.6. The minimum Gasteiger partial charge on any atom is -0.388 e. The largest absolute Gasteiger partial charge is 0.388 e. The molecule has 0 radical (unpaired) electrons. The Morgan fingerprint density at radius 2 is 1.79 bits per heavy atom. The normalized spacial score (nSPS) is 11.2. The van der Waals surface area contributed by atoms with Gasteiger partial charge in [-0.05, 0) is 30.5 Å². The Labute approximate surface area is 122 Å². The van der Waals surface area contributed by atoms with E-state index < -0.39 is 5.60 Å². The standard InChI is InChI=1S/C14H21BrN2O2/c1-3-14(19,4-2)10-17-13(18)16-9-11-5-7-12(15)8-6-11/h5-8,19H,3-4,9-10H2,1-2H3,(H2,16,17,18). The molecule has 0 saturated heterocycles. The molecule has 3 N–H and O–H groups in total. The summed E-state index contributed by atoms with van der Waals surface area (Å²) in [6.45, 7) is 4.55. The third-order valence-electron chi connectivity index (χ3n) is 3.26. The van der Waals surface area contributed by atoms with Gasteiger partial charge in [0.25, 0.3) is 0 Å². The molecule has 0 saturated carbocycles. The minimum absolute atomic E-state index is 0.261. The molecule has 0 aliphatic carbocycles. The van der Waals surface area contributed by atoms with Crippen LogP contribution in [0.5, 0.6) is 0 Å². The Balaban J connectivity index is 2.34. The number of hydrogen-bond donors (Lipinski definition) is 3. The zero-order chi connectivity index (χ0) is 14.3. The zero-order valence-corrected chi connectivity index (χ0v) is 13.0. The van der Waals surface area contributed by atoms with Crippen molar-refractivity contribution in [3.05, 3.63) is 34.3 Å². The molecule has 0 atom stereocenters. The van der Waals surface area contributed by atoms with Gasteiger partial charge in [0.2, 0.25) is 0 Å². The van der Waals surface area contributed by atoms with E-state index >= 15 is 0 Å². The van der Waals surface area contributed by atoms with E-state index in [4.69, 9.17) is 0 Å².